The van der Waals surface area contributed by atoms with Gasteiger partial charge in [0.2, 0.25) is 11.8 Å². The molecule has 0 spiro atoms. The topological polar surface area (TPSA) is 87.7 Å². The second-order valence-electron chi connectivity index (χ2n) is 10.3. The van der Waals surface area contributed by atoms with Crippen molar-refractivity contribution in [1.29, 1.82) is 0 Å². The van der Waals surface area contributed by atoms with E-state index in [0.717, 1.165) is 18.4 Å². The van der Waals surface area contributed by atoms with Gasteiger partial charge >= 0.3 is 6.09 Å². The van der Waals surface area contributed by atoms with Crippen LogP contribution in [0.4, 0.5) is 4.79 Å². The van der Waals surface area contributed by atoms with Gasteiger partial charge in [0, 0.05) is 12.1 Å². The van der Waals surface area contributed by atoms with Crippen molar-refractivity contribution in [3.05, 3.63) is 42.0 Å². The van der Waals surface area contributed by atoms with Crippen LogP contribution in [-0.2, 0) is 14.3 Å². The van der Waals surface area contributed by atoms with Crippen molar-refractivity contribution >= 4 is 35.7 Å². The molecule has 0 saturated heterocycles. The Hall–Kier alpha value is -2.48. The van der Waals surface area contributed by atoms with Crippen LogP contribution < -0.4 is 10.6 Å². The van der Waals surface area contributed by atoms with Crippen molar-refractivity contribution in [2.24, 2.45) is 0 Å². The minimum Gasteiger partial charge on any atom is -0.444 e. The number of benzene rings is 1. The summed E-state index contributed by atoms with van der Waals surface area (Å²) < 4.78 is 5.42. The van der Waals surface area contributed by atoms with Crippen LogP contribution in [0.2, 0.25) is 0 Å². The van der Waals surface area contributed by atoms with Crippen molar-refractivity contribution < 1.29 is 19.1 Å². The van der Waals surface area contributed by atoms with Crippen LogP contribution in [0, 0.1) is 0 Å². The summed E-state index contributed by atoms with van der Waals surface area (Å²) >= 11 is 1.58. The molecule has 3 atom stereocenters. The molecule has 202 valence electrons. The number of hydrogen-bond acceptors (Lipinski definition) is 5. The molecule has 0 aromatic heterocycles. The SMILES string of the molecule is C=Cc1cccc(C(C(=O)NC(C)CCC)N(C(=O)C(CCSC)NC(=O)OC(C)(C)C)C(C)C)c1. The monoisotopic (exact) mass is 519 g/mol. The number of rotatable bonds is 13. The standard InChI is InChI=1S/C28H45N3O4S/c1-10-13-20(5)29-25(32)24(22-15-12-14-21(11-2)18-22)31(19(3)4)26(33)23(16-17-36-9)30-27(34)35-28(6,7)8/h11-12,14-15,18-20,23-24H,2,10,13,16-17H2,1,3-9H3,(H,29,32)(H,30,34). The number of nitrogens with one attached hydrogen (secondary N) is 2. The van der Waals surface area contributed by atoms with E-state index in [0.29, 0.717) is 17.7 Å². The fraction of sp³-hybridized carbons (Fsp3) is 0.607. The van der Waals surface area contributed by atoms with Gasteiger partial charge in [0.1, 0.15) is 17.7 Å². The second kappa shape index (κ2) is 14.9. The summed E-state index contributed by atoms with van der Waals surface area (Å²) in [7, 11) is 0. The molecule has 0 heterocycles. The first kappa shape index (κ1) is 31.5. The van der Waals surface area contributed by atoms with Gasteiger partial charge in [-0.3, -0.25) is 9.59 Å². The molecule has 8 heteroatoms. The summed E-state index contributed by atoms with van der Waals surface area (Å²) in [6.07, 6.45) is 5.18. The van der Waals surface area contributed by atoms with Gasteiger partial charge in [0.25, 0.3) is 0 Å². The van der Waals surface area contributed by atoms with Crippen molar-refractivity contribution in [1.82, 2.24) is 15.5 Å². The first-order valence-corrected chi connectivity index (χ1v) is 14.1. The Bertz CT molecular complexity index is 882. The van der Waals surface area contributed by atoms with Gasteiger partial charge in [0.05, 0.1) is 0 Å². The Balaban J connectivity index is 3.48. The number of amides is 3. The Morgan fingerprint density at radius 3 is 2.33 bits per heavy atom. The van der Waals surface area contributed by atoms with E-state index in [1.54, 1.807) is 43.5 Å². The maximum Gasteiger partial charge on any atom is 0.408 e. The Kier molecular flexibility index (Phi) is 13.1. The molecule has 36 heavy (non-hydrogen) atoms. The van der Waals surface area contributed by atoms with Crippen LogP contribution in [0.15, 0.2) is 30.8 Å². The number of alkyl carbamates (subject to hydrolysis) is 1. The Morgan fingerprint density at radius 2 is 1.81 bits per heavy atom. The van der Waals surface area contributed by atoms with E-state index in [2.05, 4.69) is 24.1 Å². The number of hydrogen-bond donors (Lipinski definition) is 2. The molecular weight excluding hydrogens is 474 g/mol. The summed E-state index contributed by atoms with van der Waals surface area (Å²) in [4.78, 5) is 41.9. The van der Waals surface area contributed by atoms with E-state index in [4.69, 9.17) is 4.74 Å². The number of carbonyl (C=O) groups is 3. The zero-order valence-corrected chi connectivity index (χ0v) is 24.0. The van der Waals surface area contributed by atoms with Crippen LogP contribution in [0.25, 0.3) is 6.08 Å². The van der Waals surface area contributed by atoms with Gasteiger partial charge in [-0.05, 0) is 83.6 Å². The molecule has 0 bridgehead atoms. The summed E-state index contributed by atoms with van der Waals surface area (Å²) in [6, 6.07) is 5.44. The molecule has 0 radical (unpaired) electrons. The quantitative estimate of drug-likeness (QED) is 0.356. The van der Waals surface area contributed by atoms with Crippen LogP contribution in [0.3, 0.4) is 0 Å². The molecular formula is C28H45N3O4S. The molecule has 1 aromatic carbocycles. The van der Waals surface area contributed by atoms with Gasteiger partial charge in [-0.15, -0.1) is 0 Å². The van der Waals surface area contributed by atoms with Gasteiger partial charge in [-0.1, -0.05) is 44.2 Å². The second-order valence-corrected chi connectivity index (χ2v) is 11.3. The number of thioether (sulfide) groups is 1. The fourth-order valence-corrected chi connectivity index (χ4v) is 4.40. The number of carbonyl (C=O) groups excluding carboxylic acids is 3. The number of ether oxygens (including phenoxy) is 1. The predicted molar refractivity (Wildman–Crippen MR) is 150 cm³/mol. The van der Waals surface area contributed by atoms with Crippen molar-refractivity contribution in [3.63, 3.8) is 0 Å². The molecule has 7 nitrogen and oxygen atoms in total. The molecule has 1 rings (SSSR count). The van der Waals surface area contributed by atoms with Gasteiger partial charge < -0.3 is 20.3 Å². The third-order valence-corrected chi connectivity index (χ3v) is 6.15. The predicted octanol–water partition coefficient (Wildman–Crippen LogP) is 5.56. The largest absolute Gasteiger partial charge is 0.444 e. The molecule has 0 fully saturated rings. The Labute approximate surface area is 221 Å². The van der Waals surface area contributed by atoms with E-state index >= 15 is 0 Å². The highest BCUT2D eigenvalue weighted by atomic mass is 32.2. The lowest BCUT2D eigenvalue weighted by Gasteiger charge is -2.37. The first-order valence-electron chi connectivity index (χ1n) is 12.7. The fourth-order valence-electron chi connectivity index (χ4n) is 3.92. The average Bonchev–Trinajstić information content (AvgIpc) is 2.78. The molecule has 0 aliphatic rings. The lowest BCUT2D eigenvalue weighted by atomic mass is 9.98. The van der Waals surface area contributed by atoms with Gasteiger partial charge in [0.15, 0.2) is 0 Å². The van der Waals surface area contributed by atoms with Crippen molar-refractivity contribution in [2.75, 3.05) is 12.0 Å². The molecule has 0 aliphatic carbocycles. The third kappa shape index (κ3) is 10.2. The summed E-state index contributed by atoms with van der Waals surface area (Å²) in [5, 5.41) is 5.85. The molecule has 2 N–H and O–H groups in total. The number of nitrogens with zero attached hydrogens (tertiary/aromatic N) is 1. The van der Waals surface area contributed by atoms with E-state index in [9.17, 15) is 14.4 Å². The molecule has 0 aliphatic heterocycles. The summed E-state index contributed by atoms with van der Waals surface area (Å²) in [5.41, 5.74) is 0.850. The van der Waals surface area contributed by atoms with Crippen LogP contribution in [0.5, 0.6) is 0 Å². The maximum atomic E-state index is 14.0. The minimum atomic E-state index is -0.867. The highest BCUT2D eigenvalue weighted by Gasteiger charge is 2.38. The molecule has 3 amide bonds. The summed E-state index contributed by atoms with van der Waals surface area (Å²) in [5.74, 6) is 0.0893. The van der Waals surface area contributed by atoms with Crippen LogP contribution >= 0.6 is 11.8 Å². The minimum absolute atomic E-state index is 0.0381. The zero-order chi connectivity index (χ0) is 27.5. The first-order chi connectivity index (χ1) is 16.8. The highest BCUT2D eigenvalue weighted by molar-refractivity contribution is 7.98. The molecule has 3 unspecified atom stereocenters. The maximum absolute atomic E-state index is 14.0. The van der Waals surface area contributed by atoms with Crippen molar-refractivity contribution in [3.8, 4) is 0 Å². The highest BCUT2D eigenvalue weighted by Crippen LogP contribution is 2.27. The smallest absolute Gasteiger partial charge is 0.408 e. The normalized spacial score (nSPS) is 13.9. The van der Waals surface area contributed by atoms with Crippen LogP contribution in [0.1, 0.15) is 84.9 Å². The zero-order valence-electron chi connectivity index (χ0n) is 23.2. The molecule has 1 aromatic rings. The van der Waals surface area contributed by atoms with E-state index < -0.39 is 23.8 Å². The van der Waals surface area contributed by atoms with E-state index in [1.165, 1.54) is 0 Å². The van der Waals surface area contributed by atoms with E-state index in [-0.39, 0.29) is 23.9 Å². The van der Waals surface area contributed by atoms with E-state index in [1.807, 2.05) is 51.3 Å². The lowest BCUT2D eigenvalue weighted by Crippen LogP contribution is -2.55. The lowest BCUT2D eigenvalue weighted by molar-refractivity contribution is -0.144. The van der Waals surface area contributed by atoms with Crippen molar-refractivity contribution in [2.45, 2.75) is 97.5 Å². The molecule has 0 saturated carbocycles. The Morgan fingerprint density at radius 1 is 1.14 bits per heavy atom. The summed E-state index contributed by atoms with van der Waals surface area (Å²) in [6.45, 7) is 17.0. The van der Waals surface area contributed by atoms with Crippen LogP contribution in [-0.4, -0.2) is 58.5 Å². The van der Waals surface area contributed by atoms with Gasteiger partial charge in [-0.2, -0.15) is 11.8 Å². The van der Waals surface area contributed by atoms with Gasteiger partial charge in [-0.25, -0.2) is 4.79 Å². The third-order valence-electron chi connectivity index (χ3n) is 5.51. The average molecular weight is 520 g/mol.